The van der Waals surface area contributed by atoms with Crippen LogP contribution < -0.4 is 0 Å². The Morgan fingerprint density at radius 2 is 1.53 bits per heavy atom. The molecule has 0 amide bonds. The van der Waals surface area contributed by atoms with Crippen LogP contribution in [0.1, 0.15) is 33.1 Å². The first-order valence-corrected chi connectivity index (χ1v) is 6.35. The van der Waals surface area contributed by atoms with Crippen molar-refractivity contribution in [2.24, 2.45) is 5.41 Å². The largest absolute Gasteiger partial charge is 0.423 e. The van der Waals surface area contributed by atoms with Crippen molar-refractivity contribution >= 4 is 11.6 Å². The summed E-state index contributed by atoms with van der Waals surface area (Å²) < 4.78 is 78.8. The van der Waals surface area contributed by atoms with E-state index in [1.54, 1.807) is 13.8 Å². The molecule has 8 heteroatoms. The fourth-order valence-electron chi connectivity index (χ4n) is 2.54. The molecule has 1 fully saturated rings. The van der Waals surface area contributed by atoms with Crippen LogP contribution >= 0.6 is 11.6 Å². The number of ether oxygens (including phenoxy) is 1. The topological polar surface area (TPSA) is 9.23 Å². The predicted molar refractivity (Wildman–Crippen MR) is 58.0 cm³/mol. The molecule has 1 rings (SSSR count). The molecule has 0 radical (unpaired) electrons. The van der Waals surface area contributed by atoms with Crippen LogP contribution in [0.25, 0.3) is 0 Å². The van der Waals surface area contributed by atoms with Gasteiger partial charge in [-0.25, -0.2) is 0 Å². The Kier molecular flexibility index (Phi) is 4.72. The van der Waals surface area contributed by atoms with Crippen LogP contribution in [0.5, 0.6) is 0 Å². The number of rotatable bonds is 4. The highest BCUT2D eigenvalue weighted by Gasteiger charge is 2.62. The van der Waals surface area contributed by atoms with E-state index in [1.165, 1.54) is 0 Å². The normalized spacial score (nSPS) is 27.5. The van der Waals surface area contributed by atoms with Crippen molar-refractivity contribution in [3.8, 4) is 0 Å². The molecule has 114 valence electrons. The molecule has 0 bridgehead atoms. The SMILES string of the molecule is CCC1(CC)C(Cl)CC1OC(C(F)(F)F)C(F)(F)F. The monoisotopic (exact) mass is 312 g/mol. The van der Waals surface area contributed by atoms with Crippen LogP contribution in [0.15, 0.2) is 0 Å². The van der Waals surface area contributed by atoms with Crippen LogP contribution in [-0.4, -0.2) is 29.9 Å². The zero-order valence-electron chi connectivity index (χ0n) is 10.4. The molecule has 0 N–H and O–H groups in total. The molecule has 1 saturated carbocycles. The van der Waals surface area contributed by atoms with Crippen molar-refractivity contribution in [2.45, 2.75) is 63.0 Å². The van der Waals surface area contributed by atoms with Crippen LogP contribution in [0.2, 0.25) is 0 Å². The third kappa shape index (κ3) is 3.12. The maximum Gasteiger partial charge on any atom is 0.423 e. The van der Waals surface area contributed by atoms with Crippen molar-refractivity contribution in [2.75, 3.05) is 0 Å². The zero-order chi connectivity index (χ0) is 15.1. The first-order chi connectivity index (χ1) is 8.49. The minimum absolute atomic E-state index is 0.00585. The standard InChI is InChI=1S/C11H15ClF6O/c1-3-9(4-2)6(12)5-7(9)19-8(10(13,14)15)11(16,17)18/h6-8H,3-5H2,1-2H3. The van der Waals surface area contributed by atoms with E-state index in [0.717, 1.165) is 0 Å². The van der Waals surface area contributed by atoms with Crippen molar-refractivity contribution < 1.29 is 31.1 Å². The van der Waals surface area contributed by atoms with E-state index in [2.05, 4.69) is 4.74 Å². The van der Waals surface area contributed by atoms with Gasteiger partial charge in [-0.1, -0.05) is 13.8 Å². The van der Waals surface area contributed by atoms with Gasteiger partial charge < -0.3 is 4.74 Å². The molecule has 0 aromatic rings. The summed E-state index contributed by atoms with van der Waals surface area (Å²) in [5, 5.41) is -0.449. The van der Waals surface area contributed by atoms with Gasteiger partial charge in [-0.15, -0.1) is 11.6 Å². The Morgan fingerprint density at radius 1 is 1.11 bits per heavy atom. The maximum atomic E-state index is 12.4. The summed E-state index contributed by atoms with van der Waals surface area (Å²) in [6, 6.07) is 0. The molecular weight excluding hydrogens is 298 g/mol. The second-order valence-electron chi connectivity index (χ2n) is 4.73. The molecule has 1 aliphatic carbocycles. The summed E-state index contributed by atoms with van der Waals surface area (Å²) in [6.07, 6.45) is -15.0. The lowest BCUT2D eigenvalue weighted by atomic mass is 9.62. The fourth-order valence-corrected chi connectivity index (χ4v) is 3.15. The second-order valence-corrected chi connectivity index (χ2v) is 5.26. The van der Waals surface area contributed by atoms with Gasteiger partial charge in [-0.3, -0.25) is 0 Å². The van der Waals surface area contributed by atoms with E-state index < -0.39 is 35.4 Å². The molecule has 19 heavy (non-hydrogen) atoms. The summed E-state index contributed by atoms with van der Waals surface area (Å²) in [5.41, 5.74) is -0.809. The summed E-state index contributed by atoms with van der Waals surface area (Å²) >= 11 is 5.94. The highest BCUT2D eigenvalue weighted by molar-refractivity contribution is 6.21. The quantitative estimate of drug-likeness (QED) is 0.541. The maximum absolute atomic E-state index is 12.4. The van der Waals surface area contributed by atoms with E-state index in [1.807, 2.05) is 0 Å². The van der Waals surface area contributed by atoms with Gasteiger partial charge in [0, 0.05) is 10.8 Å². The van der Waals surface area contributed by atoms with Gasteiger partial charge in [0.15, 0.2) is 0 Å². The predicted octanol–water partition coefficient (Wildman–Crippen LogP) is 4.68. The second kappa shape index (κ2) is 5.31. The van der Waals surface area contributed by atoms with Crippen LogP contribution in [-0.2, 0) is 4.74 Å². The van der Waals surface area contributed by atoms with Crippen molar-refractivity contribution in [3.05, 3.63) is 0 Å². The summed E-state index contributed by atoms with van der Waals surface area (Å²) in [4.78, 5) is 0. The average Bonchev–Trinajstić information content (AvgIpc) is 2.22. The third-order valence-electron chi connectivity index (χ3n) is 3.90. The minimum atomic E-state index is -5.47. The average molecular weight is 313 g/mol. The van der Waals surface area contributed by atoms with Crippen molar-refractivity contribution in [1.82, 2.24) is 0 Å². The molecule has 0 aromatic carbocycles. The van der Waals surface area contributed by atoms with Crippen LogP contribution in [0, 0.1) is 5.41 Å². The van der Waals surface area contributed by atoms with Crippen molar-refractivity contribution in [1.29, 1.82) is 0 Å². The molecule has 0 spiro atoms. The number of hydrogen-bond acceptors (Lipinski definition) is 1. The van der Waals surface area contributed by atoms with Gasteiger partial charge in [-0.2, -0.15) is 26.3 Å². The molecule has 1 nitrogen and oxygen atoms in total. The third-order valence-corrected chi connectivity index (χ3v) is 4.51. The molecule has 2 atom stereocenters. The van der Waals surface area contributed by atoms with Gasteiger partial charge in [0.25, 0.3) is 0 Å². The van der Waals surface area contributed by atoms with E-state index >= 15 is 0 Å². The van der Waals surface area contributed by atoms with Gasteiger partial charge in [0.1, 0.15) is 0 Å². The Labute approximate surface area is 112 Å². The van der Waals surface area contributed by atoms with Gasteiger partial charge in [0.2, 0.25) is 6.10 Å². The lowest BCUT2D eigenvalue weighted by molar-refractivity contribution is -0.346. The Hall–Kier alpha value is -0.170. The summed E-state index contributed by atoms with van der Waals surface area (Å²) in [6.45, 7) is 3.37. The number of alkyl halides is 7. The molecular formula is C11H15ClF6O. The van der Waals surface area contributed by atoms with Gasteiger partial charge in [0.05, 0.1) is 6.10 Å². The Balaban J connectivity index is 2.88. The highest BCUT2D eigenvalue weighted by atomic mass is 35.5. The molecule has 2 unspecified atom stereocenters. The lowest BCUT2D eigenvalue weighted by Crippen LogP contribution is -2.59. The molecule has 0 saturated heterocycles. The molecule has 0 aliphatic heterocycles. The highest BCUT2D eigenvalue weighted by Crippen LogP contribution is 2.53. The van der Waals surface area contributed by atoms with Gasteiger partial charge in [-0.05, 0) is 19.3 Å². The van der Waals surface area contributed by atoms with E-state index in [4.69, 9.17) is 11.6 Å². The smallest absolute Gasteiger partial charge is 0.357 e. The van der Waals surface area contributed by atoms with E-state index in [-0.39, 0.29) is 6.42 Å². The minimum Gasteiger partial charge on any atom is -0.357 e. The van der Waals surface area contributed by atoms with Crippen LogP contribution in [0.3, 0.4) is 0 Å². The first-order valence-electron chi connectivity index (χ1n) is 5.92. The fraction of sp³-hybridized carbons (Fsp3) is 1.00. The Bertz CT molecular complexity index is 295. The molecule has 0 heterocycles. The van der Waals surface area contributed by atoms with E-state index in [9.17, 15) is 26.3 Å². The van der Waals surface area contributed by atoms with Crippen molar-refractivity contribution in [3.63, 3.8) is 0 Å². The number of halogens is 7. The van der Waals surface area contributed by atoms with E-state index in [0.29, 0.717) is 12.8 Å². The first kappa shape index (κ1) is 16.9. The Morgan fingerprint density at radius 3 is 1.79 bits per heavy atom. The number of hydrogen-bond donors (Lipinski definition) is 0. The molecule has 0 aromatic heterocycles. The zero-order valence-corrected chi connectivity index (χ0v) is 11.2. The summed E-state index contributed by atoms with van der Waals surface area (Å²) in [7, 11) is 0. The lowest BCUT2D eigenvalue weighted by Gasteiger charge is -2.53. The summed E-state index contributed by atoms with van der Waals surface area (Å²) in [5.74, 6) is 0. The molecule has 1 aliphatic rings. The van der Waals surface area contributed by atoms with Crippen LogP contribution in [0.4, 0.5) is 26.3 Å². The van der Waals surface area contributed by atoms with Gasteiger partial charge >= 0.3 is 12.4 Å².